The minimum atomic E-state index is -0.448. The zero-order chi connectivity index (χ0) is 13.8. The minimum absolute atomic E-state index is 0.305. The van der Waals surface area contributed by atoms with Gasteiger partial charge in [-0.05, 0) is 24.1 Å². The first-order valence-corrected chi connectivity index (χ1v) is 6.62. The van der Waals surface area contributed by atoms with Gasteiger partial charge in [-0.1, -0.05) is 13.0 Å². The maximum absolute atomic E-state index is 11.1. The maximum Gasteiger partial charge on any atom is 0.248 e. The molecule has 0 aromatic heterocycles. The molecule has 1 saturated heterocycles. The molecule has 2 rings (SSSR count). The first kappa shape index (κ1) is 13.8. The summed E-state index contributed by atoms with van der Waals surface area (Å²) >= 11 is 0. The molecular weight excluding hydrogens is 242 g/mol. The summed E-state index contributed by atoms with van der Waals surface area (Å²) in [6.07, 6.45) is 1.33. The van der Waals surface area contributed by atoms with Crippen LogP contribution in [0.25, 0.3) is 0 Å². The Morgan fingerprint density at radius 1 is 1.53 bits per heavy atom. The fraction of sp³-hybridized carbons (Fsp3) is 0.500. The molecular formula is C14H21N3O2. The summed E-state index contributed by atoms with van der Waals surface area (Å²) in [6, 6.07) is 5.26. The number of carbonyl (C=O) groups excluding carboxylic acids is 1. The molecule has 1 unspecified atom stereocenters. The van der Waals surface area contributed by atoms with Crippen molar-refractivity contribution in [2.75, 3.05) is 25.4 Å². The van der Waals surface area contributed by atoms with Crippen LogP contribution in [-0.4, -0.2) is 36.6 Å². The van der Waals surface area contributed by atoms with Gasteiger partial charge in [-0.2, -0.15) is 0 Å². The number of carbonyl (C=O) groups is 1. The zero-order valence-electron chi connectivity index (χ0n) is 11.3. The second-order valence-electron chi connectivity index (χ2n) is 4.91. The normalized spacial score (nSPS) is 20.4. The van der Waals surface area contributed by atoms with E-state index >= 15 is 0 Å². The molecule has 1 amide bonds. The van der Waals surface area contributed by atoms with Crippen molar-refractivity contribution in [3.8, 4) is 0 Å². The standard InChI is InChI=1S/C14H21N3O2/c1-2-12-9-17(5-6-19-12)8-11-4-3-10(14(16)18)7-13(11)15/h3-4,7,12H,2,5-6,8-9,15H2,1H3,(H2,16,18). The van der Waals surface area contributed by atoms with Crippen LogP contribution in [0.2, 0.25) is 0 Å². The Morgan fingerprint density at radius 3 is 2.95 bits per heavy atom. The van der Waals surface area contributed by atoms with Crippen molar-refractivity contribution in [2.45, 2.75) is 26.0 Å². The number of anilines is 1. The van der Waals surface area contributed by atoms with E-state index in [-0.39, 0.29) is 0 Å². The average molecular weight is 263 g/mol. The number of ether oxygens (including phenoxy) is 1. The van der Waals surface area contributed by atoms with Crippen molar-refractivity contribution in [3.05, 3.63) is 29.3 Å². The number of amides is 1. The SMILES string of the molecule is CCC1CN(Cc2ccc(C(N)=O)cc2N)CCO1. The molecule has 19 heavy (non-hydrogen) atoms. The highest BCUT2D eigenvalue weighted by Crippen LogP contribution is 2.18. The van der Waals surface area contributed by atoms with Crippen molar-refractivity contribution in [1.29, 1.82) is 0 Å². The topological polar surface area (TPSA) is 81.6 Å². The van der Waals surface area contributed by atoms with E-state index in [2.05, 4.69) is 11.8 Å². The Labute approximate surface area is 113 Å². The van der Waals surface area contributed by atoms with E-state index in [1.54, 1.807) is 12.1 Å². The van der Waals surface area contributed by atoms with E-state index in [1.165, 1.54) is 0 Å². The van der Waals surface area contributed by atoms with Gasteiger partial charge in [0.2, 0.25) is 5.91 Å². The second-order valence-corrected chi connectivity index (χ2v) is 4.91. The summed E-state index contributed by atoms with van der Waals surface area (Å²) in [6.45, 7) is 5.51. The van der Waals surface area contributed by atoms with Crippen LogP contribution in [0.3, 0.4) is 0 Å². The van der Waals surface area contributed by atoms with E-state index in [9.17, 15) is 4.79 Å². The fourth-order valence-corrected chi connectivity index (χ4v) is 2.30. The summed E-state index contributed by atoms with van der Waals surface area (Å²) in [5.41, 5.74) is 13.3. The van der Waals surface area contributed by atoms with Gasteiger partial charge in [0.1, 0.15) is 0 Å². The predicted octanol–water partition coefficient (Wildman–Crippen LogP) is 0.979. The van der Waals surface area contributed by atoms with Gasteiger partial charge in [0.05, 0.1) is 12.7 Å². The van der Waals surface area contributed by atoms with Gasteiger partial charge < -0.3 is 16.2 Å². The first-order chi connectivity index (χ1) is 9.10. The first-order valence-electron chi connectivity index (χ1n) is 6.62. The van der Waals surface area contributed by atoms with Crippen LogP contribution >= 0.6 is 0 Å². The number of hydrogen-bond acceptors (Lipinski definition) is 4. The van der Waals surface area contributed by atoms with Gasteiger partial charge in [-0.15, -0.1) is 0 Å². The molecule has 104 valence electrons. The second kappa shape index (κ2) is 6.04. The number of nitrogens with two attached hydrogens (primary N) is 2. The summed E-state index contributed by atoms with van der Waals surface area (Å²) < 4.78 is 5.64. The van der Waals surface area contributed by atoms with Gasteiger partial charge in [0, 0.05) is 30.9 Å². The molecule has 0 spiro atoms. The number of morpholine rings is 1. The van der Waals surface area contributed by atoms with E-state index in [0.29, 0.717) is 17.4 Å². The molecule has 4 N–H and O–H groups in total. The molecule has 1 heterocycles. The van der Waals surface area contributed by atoms with Crippen molar-refractivity contribution >= 4 is 11.6 Å². The Morgan fingerprint density at radius 2 is 2.32 bits per heavy atom. The minimum Gasteiger partial charge on any atom is -0.398 e. The molecule has 0 bridgehead atoms. The highest BCUT2D eigenvalue weighted by atomic mass is 16.5. The predicted molar refractivity (Wildman–Crippen MR) is 74.7 cm³/mol. The van der Waals surface area contributed by atoms with Gasteiger partial charge >= 0.3 is 0 Å². The van der Waals surface area contributed by atoms with Crippen molar-refractivity contribution in [3.63, 3.8) is 0 Å². The Balaban J connectivity index is 2.04. The van der Waals surface area contributed by atoms with Crippen molar-refractivity contribution in [1.82, 2.24) is 4.90 Å². The van der Waals surface area contributed by atoms with Crippen LogP contribution in [0, 0.1) is 0 Å². The number of rotatable bonds is 4. The van der Waals surface area contributed by atoms with E-state index in [1.807, 2.05) is 6.07 Å². The molecule has 0 saturated carbocycles. The van der Waals surface area contributed by atoms with Crippen molar-refractivity contribution < 1.29 is 9.53 Å². The van der Waals surface area contributed by atoms with Gasteiger partial charge in [-0.3, -0.25) is 9.69 Å². The number of benzene rings is 1. The Hall–Kier alpha value is -1.59. The van der Waals surface area contributed by atoms with Crippen molar-refractivity contribution in [2.24, 2.45) is 5.73 Å². The van der Waals surface area contributed by atoms with Crippen LogP contribution in [0.1, 0.15) is 29.3 Å². The van der Waals surface area contributed by atoms with E-state index in [4.69, 9.17) is 16.2 Å². The maximum atomic E-state index is 11.1. The van der Waals surface area contributed by atoms with Gasteiger partial charge in [0.15, 0.2) is 0 Å². The Bertz CT molecular complexity index is 462. The number of primary amides is 1. The molecule has 1 aliphatic heterocycles. The summed E-state index contributed by atoms with van der Waals surface area (Å²) in [4.78, 5) is 13.4. The third kappa shape index (κ3) is 3.45. The lowest BCUT2D eigenvalue weighted by Crippen LogP contribution is -2.41. The number of hydrogen-bond donors (Lipinski definition) is 2. The molecule has 1 atom stereocenters. The largest absolute Gasteiger partial charge is 0.398 e. The highest BCUT2D eigenvalue weighted by molar-refractivity contribution is 5.93. The smallest absolute Gasteiger partial charge is 0.248 e. The molecule has 5 heteroatoms. The van der Waals surface area contributed by atoms with Crippen LogP contribution in [0.4, 0.5) is 5.69 Å². The third-order valence-corrected chi connectivity index (χ3v) is 3.50. The lowest BCUT2D eigenvalue weighted by Gasteiger charge is -2.32. The Kier molecular flexibility index (Phi) is 4.39. The molecule has 1 aromatic carbocycles. The molecule has 1 aromatic rings. The zero-order valence-corrected chi connectivity index (χ0v) is 11.3. The van der Waals surface area contributed by atoms with E-state index in [0.717, 1.165) is 38.2 Å². The number of nitrogens with zero attached hydrogens (tertiary/aromatic N) is 1. The highest BCUT2D eigenvalue weighted by Gasteiger charge is 2.19. The number of nitrogen functional groups attached to an aromatic ring is 1. The third-order valence-electron chi connectivity index (χ3n) is 3.50. The molecule has 0 aliphatic carbocycles. The fourth-order valence-electron chi connectivity index (χ4n) is 2.30. The van der Waals surface area contributed by atoms with Crippen LogP contribution in [-0.2, 0) is 11.3 Å². The van der Waals surface area contributed by atoms with Crippen LogP contribution < -0.4 is 11.5 Å². The summed E-state index contributed by atoms with van der Waals surface area (Å²) in [5.74, 6) is -0.448. The molecule has 5 nitrogen and oxygen atoms in total. The molecule has 0 radical (unpaired) electrons. The monoisotopic (exact) mass is 263 g/mol. The quantitative estimate of drug-likeness (QED) is 0.793. The summed E-state index contributed by atoms with van der Waals surface area (Å²) in [5, 5.41) is 0. The molecule has 1 aliphatic rings. The van der Waals surface area contributed by atoms with Gasteiger partial charge in [0.25, 0.3) is 0 Å². The van der Waals surface area contributed by atoms with Crippen LogP contribution in [0.15, 0.2) is 18.2 Å². The lowest BCUT2D eigenvalue weighted by molar-refractivity contribution is -0.0324. The average Bonchev–Trinajstić information content (AvgIpc) is 2.41. The van der Waals surface area contributed by atoms with Gasteiger partial charge in [-0.25, -0.2) is 0 Å². The summed E-state index contributed by atoms with van der Waals surface area (Å²) in [7, 11) is 0. The van der Waals surface area contributed by atoms with E-state index < -0.39 is 5.91 Å². The molecule has 1 fully saturated rings. The van der Waals surface area contributed by atoms with Crippen LogP contribution in [0.5, 0.6) is 0 Å². The lowest BCUT2D eigenvalue weighted by atomic mass is 10.1.